The molecule has 2 heterocycles. The van der Waals surface area contributed by atoms with E-state index in [9.17, 15) is 0 Å². The molecule has 2 aromatic rings. The Balaban J connectivity index is 1.70. The highest BCUT2D eigenvalue weighted by molar-refractivity contribution is 5.40. The van der Waals surface area contributed by atoms with Crippen molar-refractivity contribution in [2.45, 2.75) is 45.1 Å². The van der Waals surface area contributed by atoms with Gasteiger partial charge in [-0.25, -0.2) is 9.97 Å². The molecule has 1 aliphatic rings. The van der Waals surface area contributed by atoms with Crippen LogP contribution < -0.4 is 5.32 Å². The lowest BCUT2D eigenvalue weighted by molar-refractivity contribution is 0.318. The van der Waals surface area contributed by atoms with Crippen LogP contribution in [0.3, 0.4) is 0 Å². The van der Waals surface area contributed by atoms with Crippen molar-refractivity contribution in [2.24, 2.45) is 5.92 Å². The first-order valence-electron chi connectivity index (χ1n) is 7.55. The molecule has 1 N–H and O–H groups in total. The van der Waals surface area contributed by atoms with Crippen LogP contribution in [0.4, 0.5) is 0 Å². The maximum Gasteiger partial charge on any atom is 0.240 e. The first-order chi connectivity index (χ1) is 10.3. The van der Waals surface area contributed by atoms with Crippen LogP contribution in [-0.2, 0) is 6.42 Å². The molecule has 0 aromatic carbocycles. The van der Waals surface area contributed by atoms with Gasteiger partial charge in [0.05, 0.1) is 0 Å². The smallest absolute Gasteiger partial charge is 0.240 e. The summed E-state index contributed by atoms with van der Waals surface area (Å²) < 4.78 is 5.36. The van der Waals surface area contributed by atoms with Gasteiger partial charge < -0.3 is 9.84 Å². The summed E-state index contributed by atoms with van der Waals surface area (Å²) in [5.74, 6) is 2.34. The van der Waals surface area contributed by atoms with E-state index in [0.717, 1.165) is 12.0 Å². The Hall–Kier alpha value is -1.82. The van der Waals surface area contributed by atoms with Gasteiger partial charge in [-0.05, 0) is 38.3 Å². The number of nitrogens with zero attached hydrogens (tertiary/aromatic N) is 4. The molecule has 0 spiro atoms. The summed E-state index contributed by atoms with van der Waals surface area (Å²) >= 11 is 0. The highest BCUT2D eigenvalue weighted by Crippen LogP contribution is 2.29. The first kappa shape index (κ1) is 14.1. The van der Waals surface area contributed by atoms with Gasteiger partial charge in [-0.2, -0.15) is 4.98 Å². The molecule has 0 saturated heterocycles. The molecule has 2 aromatic heterocycles. The molecular formula is C15H21N5O. The molecule has 6 heteroatoms. The quantitative estimate of drug-likeness (QED) is 0.908. The standard InChI is InChI=1S/C15H21N5O/c1-10-8-17-14(18-9-10)15-19-13(21-20-15)7-12(16-2)11-5-3-4-6-11/h8-9,11-12,16H,3-7H2,1-2H3. The molecule has 0 radical (unpaired) electrons. The van der Waals surface area contributed by atoms with E-state index in [2.05, 4.69) is 25.4 Å². The Kier molecular flexibility index (Phi) is 4.24. The second-order valence-corrected chi connectivity index (χ2v) is 5.74. The van der Waals surface area contributed by atoms with Gasteiger partial charge in [0.1, 0.15) is 0 Å². The monoisotopic (exact) mass is 287 g/mol. The molecule has 0 amide bonds. The Bertz CT molecular complexity index is 574. The third kappa shape index (κ3) is 3.26. The zero-order valence-corrected chi connectivity index (χ0v) is 12.5. The van der Waals surface area contributed by atoms with Crippen LogP contribution in [0.5, 0.6) is 0 Å². The lowest BCUT2D eigenvalue weighted by Gasteiger charge is -2.20. The minimum Gasteiger partial charge on any atom is -0.339 e. The molecule has 6 nitrogen and oxygen atoms in total. The van der Waals surface area contributed by atoms with E-state index in [1.165, 1.54) is 25.7 Å². The van der Waals surface area contributed by atoms with E-state index < -0.39 is 0 Å². The summed E-state index contributed by atoms with van der Waals surface area (Å²) in [5, 5.41) is 7.38. The van der Waals surface area contributed by atoms with E-state index in [0.29, 0.717) is 29.5 Å². The summed E-state index contributed by atoms with van der Waals surface area (Å²) in [6.07, 6.45) is 9.51. The Morgan fingerprint density at radius 3 is 2.62 bits per heavy atom. The van der Waals surface area contributed by atoms with Crippen molar-refractivity contribution < 1.29 is 4.52 Å². The molecule has 1 atom stereocenters. The van der Waals surface area contributed by atoms with Gasteiger partial charge in [0, 0.05) is 24.9 Å². The van der Waals surface area contributed by atoms with Crippen LogP contribution in [0.1, 0.15) is 37.1 Å². The third-order valence-corrected chi connectivity index (χ3v) is 4.18. The average molecular weight is 287 g/mol. The molecule has 1 saturated carbocycles. The van der Waals surface area contributed by atoms with Crippen LogP contribution in [0.2, 0.25) is 0 Å². The van der Waals surface area contributed by atoms with Crippen LogP contribution in [0, 0.1) is 12.8 Å². The summed E-state index contributed by atoms with van der Waals surface area (Å²) in [5.41, 5.74) is 1.01. The number of hydrogen-bond acceptors (Lipinski definition) is 6. The molecule has 0 bridgehead atoms. The van der Waals surface area contributed by atoms with Gasteiger partial charge in [0.2, 0.25) is 17.5 Å². The van der Waals surface area contributed by atoms with E-state index in [-0.39, 0.29) is 0 Å². The van der Waals surface area contributed by atoms with E-state index in [1.807, 2.05) is 14.0 Å². The largest absolute Gasteiger partial charge is 0.339 e. The Morgan fingerprint density at radius 2 is 1.95 bits per heavy atom. The number of hydrogen-bond donors (Lipinski definition) is 1. The van der Waals surface area contributed by atoms with Crippen molar-refractivity contribution in [2.75, 3.05) is 7.05 Å². The zero-order valence-electron chi connectivity index (χ0n) is 12.5. The predicted molar refractivity (Wildman–Crippen MR) is 78.6 cm³/mol. The second kappa shape index (κ2) is 6.30. The summed E-state index contributed by atoms with van der Waals surface area (Å²) in [4.78, 5) is 12.9. The molecule has 1 aliphatic carbocycles. The maximum atomic E-state index is 5.36. The highest BCUT2D eigenvalue weighted by atomic mass is 16.5. The Morgan fingerprint density at radius 1 is 1.24 bits per heavy atom. The second-order valence-electron chi connectivity index (χ2n) is 5.74. The fraction of sp³-hybridized carbons (Fsp3) is 0.600. The lowest BCUT2D eigenvalue weighted by Crippen LogP contribution is -2.34. The fourth-order valence-electron chi connectivity index (χ4n) is 2.99. The van der Waals surface area contributed by atoms with E-state index >= 15 is 0 Å². The van der Waals surface area contributed by atoms with Crippen LogP contribution >= 0.6 is 0 Å². The molecule has 112 valence electrons. The normalized spacial score (nSPS) is 17.2. The number of likely N-dealkylation sites (N-methyl/N-ethyl adjacent to an activating group) is 1. The van der Waals surface area contributed by atoms with Gasteiger partial charge in [0.25, 0.3) is 0 Å². The van der Waals surface area contributed by atoms with Crippen molar-refractivity contribution in [1.29, 1.82) is 0 Å². The topological polar surface area (TPSA) is 76.7 Å². The van der Waals surface area contributed by atoms with Crippen molar-refractivity contribution in [3.8, 4) is 11.6 Å². The van der Waals surface area contributed by atoms with Crippen molar-refractivity contribution in [1.82, 2.24) is 25.4 Å². The third-order valence-electron chi connectivity index (χ3n) is 4.18. The van der Waals surface area contributed by atoms with Gasteiger partial charge in [-0.15, -0.1) is 0 Å². The van der Waals surface area contributed by atoms with Crippen molar-refractivity contribution in [3.05, 3.63) is 23.8 Å². The average Bonchev–Trinajstić information content (AvgIpc) is 3.17. The minimum absolute atomic E-state index is 0.403. The molecule has 1 fully saturated rings. The lowest BCUT2D eigenvalue weighted by atomic mass is 9.95. The summed E-state index contributed by atoms with van der Waals surface area (Å²) in [6, 6.07) is 0.403. The SMILES string of the molecule is CNC(Cc1nc(-c2ncc(C)cn2)no1)C1CCCC1. The molecule has 21 heavy (non-hydrogen) atoms. The molecular weight excluding hydrogens is 266 g/mol. The number of aryl methyl sites for hydroxylation is 1. The van der Waals surface area contributed by atoms with Crippen molar-refractivity contribution >= 4 is 0 Å². The van der Waals surface area contributed by atoms with Gasteiger partial charge >= 0.3 is 0 Å². The number of aromatic nitrogens is 4. The van der Waals surface area contributed by atoms with Gasteiger partial charge in [0.15, 0.2) is 0 Å². The van der Waals surface area contributed by atoms with E-state index in [1.54, 1.807) is 12.4 Å². The minimum atomic E-state index is 0.403. The molecule has 1 unspecified atom stereocenters. The number of nitrogens with one attached hydrogen (secondary N) is 1. The van der Waals surface area contributed by atoms with Crippen molar-refractivity contribution in [3.63, 3.8) is 0 Å². The van der Waals surface area contributed by atoms with Crippen LogP contribution in [0.15, 0.2) is 16.9 Å². The maximum absolute atomic E-state index is 5.36. The molecule has 0 aliphatic heterocycles. The van der Waals surface area contributed by atoms with E-state index in [4.69, 9.17) is 4.52 Å². The predicted octanol–water partition coefficient (Wildman–Crippen LogP) is 2.16. The Labute approximate surface area is 124 Å². The number of rotatable bonds is 5. The van der Waals surface area contributed by atoms with Crippen LogP contribution in [-0.4, -0.2) is 33.2 Å². The summed E-state index contributed by atoms with van der Waals surface area (Å²) in [6.45, 7) is 1.95. The van der Waals surface area contributed by atoms with Gasteiger partial charge in [-0.3, -0.25) is 0 Å². The first-order valence-corrected chi connectivity index (χ1v) is 7.55. The van der Waals surface area contributed by atoms with Gasteiger partial charge in [-0.1, -0.05) is 18.0 Å². The summed E-state index contributed by atoms with van der Waals surface area (Å²) in [7, 11) is 2.00. The van der Waals surface area contributed by atoms with Crippen LogP contribution in [0.25, 0.3) is 11.6 Å². The zero-order chi connectivity index (χ0) is 14.7. The fourth-order valence-corrected chi connectivity index (χ4v) is 2.99. The highest BCUT2D eigenvalue weighted by Gasteiger charge is 2.26. The molecule has 3 rings (SSSR count).